The Morgan fingerprint density at radius 2 is 1.64 bits per heavy atom. The van der Waals surface area contributed by atoms with E-state index in [4.69, 9.17) is 0 Å². The highest BCUT2D eigenvalue weighted by molar-refractivity contribution is 7.89. The first kappa shape index (κ1) is 23.6. The Hall–Kier alpha value is -2.52. The molecule has 2 atom stereocenters. The van der Waals surface area contributed by atoms with E-state index in [9.17, 15) is 13.2 Å². The molecule has 2 aromatic carbocycles. The van der Waals surface area contributed by atoms with Gasteiger partial charge in [0.2, 0.25) is 15.9 Å². The van der Waals surface area contributed by atoms with Gasteiger partial charge in [0.15, 0.2) is 0 Å². The number of hydrogen-bond acceptors (Lipinski definition) is 5. The number of anilines is 1. The van der Waals surface area contributed by atoms with Crippen LogP contribution >= 0.6 is 11.3 Å². The van der Waals surface area contributed by atoms with Gasteiger partial charge >= 0.3 is 0 Å². The van der Waals surface area contributed by atoms with Gasteiger partial charge < -0.3 is 5.32 Å². The summed E-state index contributed by atoms with van der Waals surface area (Å²) in [6, 6.07) is 20.0. The molecule has 3 aromatic rings. The minimum absolute atomic E-state index is 0.0935. The topological polar surface area (TPSA) is 78.5 Å². The number of amides is 1. The first-order chi connectivity index (χ1) is 15.9. The molecule has 1 aliphatic rings. The molecule has 2 N–H and O–H groups in total. The standard InChI is InChI=1S/C25H29N3O3S2/c1-19(26-24(23-11-8-18-32-23)20-9-4-2-5-10-20)25(29)27-21-12-14-22(15-13-21)33(30,31)28-16-6-3-7-17-28/h2,4-5,8-15,18-19,24,26H,3,6-7,16-17H2,1H3,(H,27,29)/t19-,24+/m1/s1. The van der Waals surface area contributed by atoms with Gasteiger partial charge in [-0.3, -0.25) is 10.1 Å². The number of nitrogens with one attached hydrogen (secondary N) is 2. The number of piperidine rings is 1. The molecule has 1 fully saturated rings. The number of sulfonamides is 1. The maximum absolute atomic E-state index is 12.9. The van der Waals surface area contributed by atoms with Gasteiger partial charge in [-0.15, -0.1) is 11.3 Å². The molecule has 4 rings (SSSR count). The summed E-state index contributed by atoms with van der Waals surface area (Å²) in [5.41, 5.74) is 1.66. The van der Waals surface area contributed by atoms with Crippen molar-refractivity contribution in [1.82, 2.24) is 9.62 Å². The van der Waals surface area contributed by atoms with Crippen molar-refractivity contribution in [1.29, 1.82) is 0 Å². The van der Waals surface area contributed by atoms with Crippen molar-refractivity contribution in [3.63, 3.8) is 0 Å². The Morgan fingerprint density at radius 1 is 0.939 bits per heavy atom. The lowest BCUT2D eigenvalue weighted by molar-refractivity contribution is -0.117. The van der Waals surface area contributed by atoms with Crippen molar-refractivity contribution < 1.29 is 13.2 Å². The van der Waals surface area contributed by atoms with E-state index in [1.54, 1.807) is 39.9 Å². The predicted molar refractivity (Wildman–Crippen MR) is 133 cm³/mol. The van der Waals surface area contributed by atoms with E-state index in [0.717, 1.165) is 29.7 Å². The Balaban J connectivity index is 1.42. The van der Waals surface area contributed by atoms with E-state index >= 15 is 0 Å². The van der Waals surface area contributed by atoms with E-state index in [1.807, 2.05) is 48.7 Å². The fraction of sp³-hybridized carbons (Fsp3) is 0.320. The monoisotopic (exact) mass is 483 g/mol. The highest BCUT2D eigenvalue weighted by Gasteiger charge is 2.26. The largest absolute Gasteiger partial charge is 0.325 e. The summed E-state index contributed by atoms with van der Waals surface area (Å²) >= 11 is 1.64. The molecule has 1 aliphatic heterocycles. The van der Waals surface area contributed by atoms with Crippen molar-refractivity contribution in [2.24, 2.45) is 0 Å². The Kier molecular flexibility index (Phi) is 7.60. The predicted octanol–water partition coefficient (Wildman–Crippen LogP) is 4.63. The zero-order valence-corrected chi connectivity index (χ0v) is 20.2. The number of benzene rings is 2. The van der Waals surface area contributed by atoms with Gasteiger partial charge in [0.05, 0.1) is 17.0 Å². The van der Waals surface area contributed by atoms with Crippen LogP contribution in [-0.4, -0.2) is 37.8 Å². The van der Waals surface area contributed by atoms with Crippen LogP contribution in [0.25, 0.3) is 0 Å². The lowest BCUT2D eigenvalue weighted by Crippen LogP contribution is -2.40. The van der Waals surface area contributed by atoms with Gasteiger partial charge in [0, 0.05) is 23.7 Å². The molecule has 8 heteroatoms. The minimum Gasteiger partial charge on any atom is -0.325 e. The third-order valence-corrected chi connectivity index (χ3v) is 8.70. The van der Waals surface area contributed by atoms with E-state index < -0.39 is 16.1 Å². The van der Waals surface area contributed by atoms with Gasteiger partial charge in [-0.1, -0.05) is 42.8 Å². The fourth-order valence-corrected chi connectivity index (χ4v) is 6.31. The average molecular weight is 484 g/mol. The van der Waals surface area contributed by atoms with Crippen LogP contribution in [0.4, 0.5) is 5.69 Å². The van der Waals surface area contributed by atoms with Gasteiger partial charge in [0.1, 0.15) is 0 Å². The highest BCUT2D eigenvalue weighted by Crippen LogP contribution is 2.27. The highest BCUT2D eigenvalue weighted by atomic mass is 32.2. The van der Waals surface area contributed by atoms with E-state index in [1.165, 1.54) is 0 Å². The summed E-state index contributed by atoms with van der Waals surface area (Å²) in [6.07, 6.45) is 2.86. The molecular formula is C25H29N3O3S2. The molecule has 2 heterocycles. The zero-order valence-electron chi connectivity index (χ0n) is 18.6. The first-order valence-corrected chi connectivity index (χ1v) is 13.5. The fourth-order valence-electron chi connectivity index (χ4n) is 3.98. The number of rotatable bonds is 8. The molecule has 0 saturated carbocycles. The second kappa shape index (κ2) is 10.6. The van der Waals surface area contributed by atoms with Crippen LogP contribution in [0.3, 0.4) is 0 Å². The summed E-state index contributed by atoms with van der Waals surface area (Å²) < 4.78 is 27.2. The molecule has 174 valence electrons. The molecule has 0 bridgehead atoms. The summed E-state index contributed by atoms with van der Waals surface area (Å²) in [5.74, 6) is -0.181. The van der Waals surface area contributed by atoms with Crippen LogP contribution in [-0.2, 0) is 14.8 Å². The molecule has 0 unspecified atom stereocenters. The molecule has 0 spiro atoms. The molecule has 0 radical (unpaired) electrons. The number of carbonyl (C=O) groups excluding carboxylic acids is 1. The second-order valence-corrected chi connectivity index (χ2v) is 11.1. The van der Waals surface area contributed by atoms with Crippen molar-refractivity contribution in [2.75, 3.05) is 18.4 Å². The van der Waals surface area contributed by atoms with Gasteiger partial charge in [0.25, 0.3) is 0 Å². The van der Waals surface area contributed by atoms with E-state index in [-0.39, 0.29) is 16.8 Å². The van der Waals surface area contributed by atoms with Gasteiger partial charge in [-0.05, 0) is 61.0 Å². The van der Waals surface area contributed by atoms with Crippen LogP contribution in [0.1, 0.15) is 42.7 Å². The maximum Gasteiger partial charge on any atom is 0.243 e. The number of thiophene rings is 1. The van der Waals surface area contributed by atoms with Gasteiger partial charge in [-0.2, -0.15) is 4.31 Å². The zero-order chi connectivity index (χ0) is 23.3. The third kappa shape index (κ3) is 5.70. The van der Waals surface area contributed by atoms with Crippen molar-refractivity contribution in [3.8, 4) is 0 Å². The van der Waals surface area contributed by atoms with Crippen LogP contribution < -0.4 is 10.6 Å². The van der Waals surface area contributed by atoms with Crippen LogP contribution in [0, 0.1) is 0 Å². The SMILES string of the molecule is C[C@@H](N[C@@H](c1ccccc1)c1cccs1)C(=O)Nc1ccc(S(=O)(=O)N2CCCCC2)cc1. The molecule has 1 amide bonds. The molecule has 1 saturated heterocycles. The second-order valence-electron chi connectivity index (χ2n) is 8.23. The summed E-state index contributed by atoms with van der Waals surface area (Å²) in [7, 11) is -3.49. The maximum atomic E-state index is 12.9. The normalized spacial score (nSPS) is 16.8. The van der Waals surface area contributed by atoms with Crippen molar-refractivity contribution in [2.45, 2.75) is 43.2 Å². The minimum atomic E-state index is -3.49. The van der Waals surface area contributed by atoms with Crippen LogP contribution in [0.5, 0.6) is 0 Å². The molecule has 1 aromatic heterocycles. The number of carbonyl (C=O) groups is 1. The van der Waals surface area contributed by atoms with E-state index in [2.05, 4.69) is 16.7 Å². The number of nitrogens with zero attached hydrogens (tertiary/aromatic N) is 1. The summed E-state index contributed by atoms with van der Waals surface area (Å²) in [6.45, 7) is 2.96. The number of hydrogen-bond donors (Lipinski definition) is 2. The quantitative estimate of drug-likeness (QED) is 0.490. The Labute approximate surface area is 199 Å². The lowest BCUT2D eigenvalue weighted by Gasteiger charge is -2.26. The van der Waals surface area contributed by atoms with Gasteiger partial charge in [-0.25, -0.2) is 8.42 Å². The smallest absolute Gasteiger partial charge is 0.243 e. The van der Waals surface area contributed by atoms with Crippen molar-refractivity contribution >= 4 is 33.0 Å². The average Bonchev–Trinajstić information content (AvgIpc) is 3.38. The molecular weight excluding hydrogens is 454 g/mol. The third-order valence-electron chi connectivity index (χ3n) is 5.85. The first-order valence-electron chi connectivity index (χ1n) is 11.2. The molecule has 0 aliphatic carbocycles. The molecule has 6 nitrogen and oxygen atoms in total. The van der Waals surface area contributed by atoms with Crippen LogP contribution in [0.2, 0.25) is 0 Å². The summed E-state index contributed by atoms with van der Waals surface area (Å²) in [4.78, 5) is 14.3. The van der Waals surface area contributed by atoms with Crippen LogP contribution in [0.15, 0.2) is 77.0 Å². The van der Waals surface area contributed by atoms with Crippen molar-refractivity contribution in [3.05, 3.63) is 82.6 Å². The van der Waals surface area contributed by atoms with E-state index in [0.29, 0.717) is 18.8 Å². The lowest BCUT2D eigenvalue weighted by atomic mass is 10.0. The summed E-state index contributed by atoms with van der Waals surface area (Å²) in [5, 5.41) is 8.35. The molecule has 33 heavy (non-hydrogen) atoms. The Morgan fingerprint density at radius 3 is 2.27 bits per heavy atom. The Bertz CT molecular complexity index is 1140.